The molecule has 1 amide bonds. The molecule has 2 unspecified atom stereocenters. The van der Waals surface area contributed by atoms with E-state index in [1.807, 2.05) is 38.1 Å². The number of amides is 1. The fraction of sp³-hybridized carbons (Fsp3) is 0.276. The fourth-order valence-electron chi connectivity index (χ4n) is 5.68. The predicted octanol–water partition coefficient (Wildman–Crippen LogP) is 3.68. The van der Waals surface area contributed by atoms with Gasteiger partial charge in [-0.05, 0) is 54.8 Å². The van der Waals surface area contributed by atoms with Crippen molar-refractivity contribution in [2.45, 2.75) is 43.9 Å². The molecular weight excluding hydrogens is 550 g/mol. The van der Waals surface area contributed by atoms with Crippen molar-refractivity contribution in [1.82, 2.24) is 24.5 Å². The number of nitrogens with zero attached hydrogens (tertiary/aromatic N) is 4. The first-order valence-electron chi connectivity index (χ1n) is 13.2. The molecule has 0 spiro atoms. The van der Waals surface area contributed by atoms with E-state index in [4.69, 9.17) is 5.73 Å². The molecular formula is C29H28F2N6O3S. The summed E-state index contributed by atoms with van der Waals surface area (Å²) >= 11 is 0. The number of aromatic nitrogens is 2. The molecule has 0 saturated carbocycles. The van der Waals surface area contributed by atoms with Crippen LogP contribution in [0.15, 0.2) is 59.5 Å². The van der Waals surface area contributed by atoms with Crippen LogP contribution in [-0.2, 0) is 23.1 Å². The van der Waals surface area contributed by atoms with E-state index in [-0.39, 0.29) is 58.7 Å². The highest BCUT2D eigenvalue weighted by Gasteiger charge is 2.34. The average Bonchev–Trinajstić information content (AvgIpc) is 3.37. The van der Waals surface area contributed by atoms with Gasteiger partial charge < -0.3 is 16.0 Å². The molecule has 12 heteroatoms. The van der Waals surface area contributed by atoms with E-state index in [1.165, 1.54) is 10.4 Å². The van der Waals surface area contributed by atoms with Crippen molar-refractivity contribution in [2.24, 2.45) is 0 Å². The summed E-state index contributed by atoms with van der Waals surface area (Å²) in [6, 6.07) is 13.7. The van der Waals surface area contributed by atoms with Crippen LogP contribution in [0.3, 0.4) is 0 Å². The van der Waals surface area contributed by atoms with Crippen molar-refractivity contribution in [1.29, 1.82) is 0 Å². The topological polar surface area (TPSA) is 122 Å². The molecule has 3 N–H and O–H groups in total. The third-order valence-electron chi connectivity index (χ3n) is 7.52. The number of fused-ring (bicyclic) bond motifs is 2. The van der Waals surface area contributed by atoms with Gasteiger partial charge in [0.1, 0.15) is 5.69 Å². The Morgan fingerprint density at radius 2 is 1.59 bits per heavy atom. The van der Waals surface area contributed by atoms with Gasteiger partial charge in [0.15, 0.2) is 11.6 Å². The number of nitrogen functional groups attached to an aromatic ring is 1. The quantitative estimate of drug-likeness (QED) is 0.379. The van der Waals surface area contributed by atoms with Crippen LogP contribution in [0, 0.1) is 11.6 Å². The molecule has 1 fully saturated rings. The largest absolute Gasteiger partial charge is 0.368 e. The van der Waals surface area contributed by atoms with Crippen LogP contribution in [-0.4, -0.2) is 58.7 Å². The second-order valence-corrected chi connectivity index (χ2v) is 12.6. The summed E-state index contributed by atoms with van der Waals surface area (Å²) < 4.78 is 58.0. The minimum absolute atomic E-state index is 0.0339. The van der Waals surface area contributed by atoms with E-state index in [9.17, 15) is 22.0 Å². The van der Waals surface area contributed by atoms with Gasteiger partial charge in [-0.25, -0.2) is 27.2 Å². The van der Waals surface area contributed by atoms with Gasteiger partial charge in [0.05, 0.1) is 10.4 Å². The molecule has 3 aromatic carbocycles. The molecule has 3 heterocycles. The molecule has 1 aromatic heterocycles. The maximum absolute atomic E-state index is 14.6. The lowest BCUT2D eigenvalue weighted by Crippen LogP contribution is -2.55. The van der Waals surface area contributed by atoms with Crippen LogP contribution >= 0.6 is 0 Å². The Morgan fingerprint density at radius 3 is 2.24 bits per heavy atom. The Hall–Kier alpha value is -4.00. The van der Waals surface area contributed by atoms with Gasteiger partial charge in [-0.1, -0.05) is 30.3 Å². The molecule has 4 aromatic rings. The fourth-order valence-corrected chi connectivity index (χ4v) is 7.51. The Bertz CT molecular complexity index is 1780. The van der Waals surface area contributed by atoms with Crippen LogP contribution in [0.4, 0.5) is 14.7 Å². The molecule has 9 nitrogen and oxygen atoms in total. The number of nitrogens with one attached hydrogen (secondary N) is 1. The lowest BCUT2D eigenvalue weighted by molar-refractivity contribution is 0.0747. The Balaban J connectivity index is 1.46. The van der Waals surface area contributed by atoms with Gasteiger partial charge >= 0.3 is 0 Å². The van der Waals surface area contributed by atoms with Gasteiger partial charge in [-0.15, -0.1) is 0 Å². The van der Waals surface area contributed by atoms with Crippen molar-refractivity contribution in [3.63, 3.8) is 0 Å². The van der Waals surface area contributed by atoms with E-state index >= 15 is 0 Å². The number of halogens is 2. The normalized spacial score (nSPS) is 19.5. The molecule has 6 rings (SSSR count). The molecule has 0 aliphatic carbocycles. The number of anilines is 1. The first-order chi connectivity index (χ1) is 19.5. The maximum atomic E-state index is 14.6. The molecule has 212 valence electrons. The highest BCUT2D eigenvalue weighted by Crippen LogP contribution is 2.35. The molecule has 41 heavy (non-hydrogen) atoms. The lowest BCUT2D eigenvalue weighted by Gasteiger charge is -2.35. The van der Waals surface area contributed by atoms with Gasteiger partial charge in [0, 0.05) is 49.2 Å². The number of hydrogen-bond acceptors (Lipinski definition) is 7. The lowest BCUT2D eigenvalue weighted by atomic mass is 10.0. The smallest absolute Gasteiger partial charge is 0.273 e. The summed E-state index contributed by atoms with van der Waals surface area (Å²) in [5.74, 6) is -2.94. The molecule has 2 atom stereocenters. The van der Waals surface area contributed by atoms with E-state index in [1.54, 1.807) is 17.0 Å². The van der Waals surface area contributed by atoms with Crippen LogP contribution in [0.25, 0.3) is 22.0 Å². The number of carbonyl (C=O) groups is 1. The summed E-state index contributed by atoms with van der Waals surface area (Å²) in [4.78, 5) is 23.4. The third-order valence-corrected chi connectivity index (χ3v) is 9.39. The highest BCUT2D eigenvalue weighted by molar-refractivity contribution is 7.89. The van der Waals surface area contributed by atoms with Crippen LogP contribution < -0.4 is 11.1 Å². The number of carbonyl (C=O) groups excluding carboxylic acids is 1. The average molecular weight is 579 g/mol. The molecule has 0 radical (unpaired) electrons. The number of rotatable bonds is 4. The number of benzene rings is 3. The molecule has 1 saturated heterocycles. The number of hydrogen-bond donors (Lipinski definition) is 2. The Kier molecular flexibility index (Phi) is 6.71. The van der Waals surface area contributed by atoms with Crippen LogP contribution in [0.5, 0.6) is 0 Å². The Morgan fingerprint density at radius 1 is 0.951 bits per heavy atom. The second-order valence-electron chi connectivity index (χ2n) is 10.6. The monoisotopic (exact) mass is 578 g/mol. The van der Waals surface area contributed by atoms with Crippen molar-refractivity contribution in [3.8, 4) is 11.1 Å². The summed E-state index contributed by atoms with van der Waals surface area (Å²) in [6.07, 6.45) is 0. The van der Waals surface area contributed by atoms with E-state index in [0.29, 0.717) is 30.1 Å². The minimum atomic E-state index is -4.22. The van der Waals surface area contributed by atoms with Gasteiger partial charge in [-0.2, -0.15) is 4.31 Å². The van der Waals surface area contributed by atoms with E-state index in [2.05, 4.69) is 15.3 Å². The van der Waals surface area contributed by atoms with Gasteiger partial charge in [0.2, 0.25) is 16.0 Å². The summed E-state index contributed by atoms with van der Waals surface area (Å²) in [5.41, 5.74) is 8.63. The minimum Gasteiger partial charge on any atom is -0.368 e. The van der Waals surface area contributed by atoms with E-state index in [0.717, 1.165) is 17.2 Å². The van der Waals surface area contributed by atoms with Crippen molar-refractivity contribution in [3.05, 3.63) is 83.1 Å². The van der Waals surface area contributed by atoms with Crippen molar-refractivity contribution >= 4 is 32.8 Å². The van der Waals surface area contributed by atoms with Crippen LogP contribution in [0.1, 0.15) is 35.5 Å². The zero-order chi connectivity index (χ0) is 29.1. The summed E-state index contributed by atoms with van der Waals surface area (Å²) in [6.45, 7) is 4.85. The van der Waals surface area contributed by atoms with Crippen molar-refractivity contribution in [2.75, 3.05) is 18.8 Å². The standard InChI is InChI=1S/C29H28F2N6O3S/c1-16-12-37(13-17(2)33-16)41(39,40)26-11-24(31)23(30)10-21(26)18-7-8-25-22(9-18)27(35-29(32)34-25)28(38)36-14-19-5-3-4-6-20(19)15-36/h3-11,16-17,33H,12-15H2,1-2H3,(H2,32,34,35). The zero-order valence-electron chi connectivity index (χ0n) is 22.4. The summed E-state index contributed by atoms with van der Waals surface area (Å²) in [5, 5.41) is 3.58. The van der Waals surface area contributed by atoms with Gasteiger partial charge in [0.25, 0.3) is 5.91 Å². The number of sulfonamides is 1. The number of piperazine rings is 1. The molecule has 2 aliphatic rings. The highest BCUT2D eigenvalue weighted by atomic mass is 32.2. The molecule has 2 aliphatic heterocycles. The molecule has 0 bridgehead atoms. The Labute approximate surface area is 236 Å². The first kappa shape index (κ1) is 27.2. The van der Waals surface area contributed by atoms with Crippen LogP contribution in [0.2, 0.25) is 0 Å². The second kappa shape index (κ2) is 10.1. The zero-order valence-corrected chi connectivity index (χ0v) is 23.3. The first-order valence-corrected chi connectivity index (χ1v) is 14.6. The predicted molar refractivity (Wildman–Crippen MR) is 150 cm³/mol. The van der Waals surface area contributed by atoms with E-state index < -0.39 is 21.7 Å². The SMILES string of the molecule is CC1CN(S(=O)(=O)c2cc(F)c(F)cc2-c2ccc3nc(N)nc(C(=O)N4Cc5ccccc5C4)c3c2)CC(C)N1. The van der Waals surface area contributed by atoms with Crippen molar-refractivity contribution < 1.29 is 22.0 Å². The summed E-state index contributed by atoms with van der Waals surface area (Å²) in [7, 11) is -4.22. The number of nitrogens with two attached hydrogens (primary N) is 1. The van der Waals surface area contributed by atoms with Gasteiger partial charge in [-0.3, -0.25) is 4.79 Å². The maximum Gasteiger partial charge on any atom is 0.273 e. The third kappa shape index (κ3) is 4.92.